The van der Waals surface area contributed by atoms with E-state index in [1.807, 2.05) is 0 Å². The molecule has 3 rings (SSSR count). The molecule has 0 saturated heterocycles. The van der Waals surface area contributed by atoms with E-state index >= 15 is 0 Å². The van der Waals surface area contributed by atoms with Gasteiger partial charge < -0.3 is 5.32 Å². The zero-order valence-electron chi connectivity index (χ0n) is 14.9. The molecule has 1 N–H and O–H groups in total. The fraction of sp³-hybridized carbons (Fsp3) is 0.278. The normalized spacial score (nSPS) is 11.7. The summed E-state index contributed by atoms with van der Waals surface area (Å²) in [7, 11) is 0. The van der Waals surface area contributed by atoms with E-state index in [1.54, 1.807) is 32.2 Å². The quantitative estimate of drug-likeness (QED) is 0.743. The highest BCUT2D eigenvalue weighted by Crippen LogP contribution is 2.17. The summed E-state index contributed by atoms with van der Waals surface area (Å²) in [6.45, 7) is 5.06. The van der Waals surface area contributed by atoms with Gasteiger partial charge in [-0.2, -0.15) is 0 Å². The standard InChI is InChI=1S/C18H17F2N3O3S/c1-18(2,3)21-14(24)9-22-13-4-5-27-15(13)16(25)23(17(22)26)12-7-10(19)6-11(20)8-12/h4-8H,9H2,1-3H3,(H,21,24). The first-order chi connectivity index (χ1) is 12.6. The van der Waals surface area contributed by atoms with Crippen molar-refractivity contribution in [3.8, 4) is 5.69 Å². The number of benzene rings is 1. The van der Waals surface area contributed by atoms with E-state index in [9.17, 15) is 23.2 Å². The molecule has 6 nitrogen and oxygen atoms in total. The van der Waals surface area contributed by atoms with Gasteiger partial charge in [-0.15, -0.1) is 11.3 Å². The molecule has 0 saturated carbocycles. The number of aromatic nitrogens is 2. The zero-order chi connectivity index (χ0) is 19.9. The van der Waals surface area contributed by atoms with Crippen molar-refractivity contribution in [3.05, 3.63) is 62.1 Å². The Hall–Kier alpha value is -2.81. The SMILES string of the molecule is CC(C)(C)NC(=O)Cn1c(=O)n(-c2cc(F)cc(F)c2)c(=O)c2sccc21. The van der Waals surface area contributed by atoms with Crippen LogP contribution in [0.15, 0.2) is 39.2 Å². The van der Waals surface area contributed by atoms with Gasteiger partial charge in [0.1, 0.15) is 22.9 Å². The molecule has 2 aromatic heterocycles. The molecular formula is C18H17F2N3O3S. The van der Waals surface area contributed by atoms with Gasteiger partial charge in [-0.3, -0.25) is 14.2 Å². The molecule has 0 aliphatic rings. The van der Waals surface area contributed by atoms with Gasteiger partial charge in [0, 0.05) is 11.6 Å². The number of nitrogens with one attached hydrogen (secondary N) is 1. The van der Waals surface area contributed by atoms with Gasteiger partial charge in [0.2, 0.25) is 5.91 Å². The van der Waals surface area contributed by atoms with Gasteiger partial charge in [-0.25, -0.2) is 18.1 Å². The molecule has 0 aliphatic heterocycles. The van der Waals surface area contributed by atoms with E-state index in [4.69, 9.17) is 0 Å². The van der Waals surface area contributed by atoms with Crippen molar-refractivity contribution >= 4 is 27.5 Å². The minimum atomic E-state index is -0.917. The Morgan fingerprint density at radius 1 is 1.15 bits per heavy atom. The van der Waals surface area contributed by atoms with Crippen molar-refractivity contribution in [1.29, 1.82) is 0 Å². The molecule has 0 spiro atoms. The molecule has 0 unspecified atom stereocenters. The first kappa shape index (κ1) is 19.0. The summed E-state index contributed by atoms with van der Waals surface area (Å²) in [5.74, 6) is -2.26. The van der Waals surface area contributed by atoms with Crippen LogP contribution in [0.5, 0.6) is 0 Å². The van der Waals surface area contributed by atoms with E-state index in [2.05, 4.69) is 5.32 Å². The maximum atomic E-state index is 13.6. The number of hydrogen-bond acceptors (Lipinski definition) is 4. The third-order valence-electron chi connectivity index (χ3n) is 3.68. The van der Waals surface area contributed by atoms with Crippen molar-refractivity contribution in [1.82, 2.24) is 14.5 Å². The Kier molecular flexibility index (Phi) is 4.73. The number of amides is 1. The molecular weight excluding hydrogens is 376 g/mol. The van der Waals surface area contributed by atoms with Crippen LogP contribution in [0, 0.1) is 11.6 Å². The Labute approximate surface area is 156 Å². The third kappa shape index (κ3) is 3.82. The highest BCUT2D eigenvalue weighted by Gasteiger charge is 2.20. The molecule has 2 heterocycles. The lowest BCUT2D eigenvalue weighted by Crippen LogP contribution is -2.45. The van der Waals surface area contributed by atoms with Crippen molar-refractivity contribution in [2.75, 3.05) is 0 Å². The van der Waals surface area contributed by atoms with Crippen LogP contribution in [0.1, 0.15) is 20.8 Å². The van der Waals surface area contributed by atoms with Crippen molar-refractivity contribution in [2.24, 2.45) is 0 Å². The fourth-order valence-electron chi connectivity index (χ4n) is 2.74. The van der Waals surface area contributed by atoms with E-state index < -0.39 is 34.3 Å². The number of rotatable bonds is 3. The molecule has 9 heteroatoms. The van der Waals surface area contributed by atoms with Crippen LogP contribution in [0.3, 0.4) is 0 Å². The van der Waals surface area contributed by atoms with Crippen LogP contribution >= 0.6 is 11.3 Å². The molecule has 1 amide bonds. The van der Waals surface area contributed by atoms with Gasteiger partial charge in [0.05, 0.1) is 11.2 Å². The summed E-state index contributed by atoms with van der Waals surface area (Å²) in [5.41, 5.74) is -1.98. The van der Waals surface area contributed by atoms with Crippen LogP contribution < -0.4 is 16.6 Å². The number of carbonyl (C=O) groups excluding carboxylic acids is 1. The molecule has 142 valence electrons. The predicted molar refractivity (Wildman–Crippen MR) is 99.5 cm³/mol. The van der Waals surface area contributed by atoms with E-state index in [-0.39, 0.29) is 16.9 Å². The predicted octanol–water partition coefficient (Wildman–Crippen LogP) is 2.41. The summed E-state index contributed by atoms with van der Waals surface area (Å²) in [5, 5.41) is 4.35. The molecule has 0 atom stereocenters. The second kappa shape index (κ2) is 6.73. The maximum Gasteiger partial charge on any atom is 0.336 e. The summed E-state index contributed by atoms with van der Waals surface area (Å²) in [4.78, 5) is 38.0. The molecule has 0 bridgehead atoms. The second-order valence-electron chi connectivity index (χ2n) is 7.07. The third-order valence-corrected chi connectivity index (χ3v) is 4.57. The molecule has 0 radical (unpaired) electrons. The number of hydrogen-bond donors (Lipinski definition) is 1. The molecule has 0 fully saturated rings. The Balaban J connectivity index is 2.23. The smallest absolute Gasteiger partial charge is 0.336 e. The number of halogens is 2. The summed E-state index contributed by atoms with van der Waals surface area (Å²) >= 11 is 1.08. The maximum absolute atomic E-state index is 13.6. The van der Waals surface area contributed by atoms with Crippen molar-refractivity contribution in [3.63, 3.8) is 0 Å². The average molecular weight is 393 g/mol. The Bertz CT molecular complexity index is 1140. The van der Waals surface area contributed by atoms with Gasteiger partial charge in [-0.1, -0.05) is 0 Å². The first-order valence-electron chi connectivity index (χ1n) is 8.07. The lowest BCUT2D eigenvalue weighted by atomic mass is 10.1. The van der Waals surface area contributed by atoms with Crippen molar-refractivity contribution in [2.45, 2.75) is 32.9 Å². The van der Waals surface area contributed by atoms with Crippen LogP contribution in [-0.4, -0.2) is 20.6 Å². The minimum absolute atomic E-state index is 0.211. The van der Waals surface area contributed by atoms with Crippen LogP contribution in [0.25, 0.3) is 15.9 Å². The molecule has 3 aromatic rings. The molecule has 1 aromatic carbocycles. The highest BCUT2D eigenvalue weighted by molar-refractivity contribution is 7.17. The number of thiophene rings is 1. The fourth-order valence-corrected chi connectivity index (χ4v) is 3.56. The Morgan fingerprint density at radius 3 is 2.37 bits per heavy atom. The van der Waals surface area contributed by atoms with Gasteiger partial charge >= 0.3 is 5.69 Å². The molecule has 27 heavy (non-hydrogen) atoms. The van der Waals surface area contributed by atoms with Crippen molar-refractivity contribution < 1.29 is 13.6 Å². The number of nitrogens with zero attached hydrogens (tertiary/aromatic N) is 2. The summed E-state index contributed by atoms with van der Waals surface area (Å²) in [6.07, 6.45) is 0. The lowest BCUT2D eigenvalue weighted by molar-refractivity contribution is -0.123. The topological polar surface area (TPSA) is 73.1 Å². The number of fused-ring (bicyclic) bond motifs is 1. The summed E-state index contributed by atoms with van der Waals surface area (Å²) in [6, 6.07) is 3.99. The van der Waals surface area contributed by atoms with Crippen LogP contribution in [-0.2, 0) is 11.3 Å². The highest BCUT2D eigenvalue weighted by atomic mass is 32.1. The van der Waals surface area contributed by atoms with E-state index in [0.29, 0.717) is 16.2 Å². The Morgan fingerprint density at radius 2 is 1.78 bits per heavy atom. The largest absolute Gasteiger partial charge is 0.350 e. The zero-order valence-corrected chi connectivity index (χ0v) is 15.7. The monoisotopic (exact) mass is 393 g/mol. The summed E-state index contributed by atoms with van der Waals surface area (Å²) < 4.78 is 29.2. The van der Waals surface area contributed by atoms with Crippen LogP contribution in [0.4, 0.5) is 8.78 Å². The average Bonchev–Trinajstić information content (AvgIpc) is 2.98. The minimum Gasteiger partial charge on any atom is -0.350 e. The first-order valence-corrected chi connectivity index (χ1v) is 8.95. The van der Waals surface area contributed by atoms with Crippen LogP contribution in [0.2, 0.25) is 0 Å². The second-order valence-corrected chi connectivity index (χ2v) is 7.99. The van der Waals surface area contributed by atoms with Gasteiger partial charge in [-0.05, 0) is 44.4 Å². The lowest BCUT2D eigenvalue weighted by Gasteiger charge is -2.21. The van der Waals surface area contributed by atoms with Gasteiger partial charge in [0.25, 0.3) is 5.56 Å². The van der Waals surface area contributed by atoms with Gasteiger partial charge in [0.15, 0.2) is 0 Å². The van der Waals surface area contributed by atoms with E-state index in [0.717, 1.165) is 28.0 Å². The van der Waals surface area contributed by atoms with E-state index in [1.165, 1.54) is 0 Å². The number of carbonyl (C=O) groups is 1. The molecule has 0 aliphatic carbocycles.